The first kappa shape index (κ1) is 16.7. The third-order valence-electron chi connectivity index (χ3n) is 4.50. The van der Waals surface area contributed by atoms with E-state index in [9.17, 15) is 9.59 Å². The molecule has 7 heteroatoms. The van der Waals surface area contributed by atoms with Crippen molar-refractivity contribution in [3.05, 3.63) is 60.6 Å². The van der Waals surface area contributed by atoms with Crippen LogP contribution in [0.2, 0.25) is 0 Å². The quantitative estimate of drug-likeness (QED) is 0.554. The second-order valence-corrected chi connectivity index (χ2v) is 7.32. The molecule has 6 nitrogen and oxygen atoms in total. The van der Waals surface area contributed by atoms with Crippen molar-refractivity contribution in [3.63, 3.8) is 0 Å². The number of fused-ring (bicyclic) bond motifs is 1. The summed E-state index contributed by atoms with van der Waals surface area (Å²) in [6.45, 7) is 0.708. The highest BCUT2D eigenvalue weighted by Crippen LogP contribution is 2.34. The van der Waals surface area contributed by atoms with Gasteiger partial charge < -0.3 is 14.6 Å². The summed E-state index contributed by atoms with van der Waals surface area (Å²) in [4.78, 5) is 28.6. The number of nitrogens with zero attached hydrogens (tertiary/aromatic N) is 3. The highest BCUT2D eigenvalue weighted by Gasteiger charge is 2.32. The molecule has 132 valence electrons. The standard InChI is InChI=1S/C19H18N4O2S/c20-18(24)11-22-10-16(15-5-1-2-6-17(15)22)19(25)13-9-23(26-12-13)14-4-3-7-21-8-14/h1-8,10,13H,9,11-12H2,(H2,20,24). The van der Waals surface area contributed by atoms with Crippen LogP contribution in [0.3, 0.4) is 0 Å². The molecule has 2 N–H and O–H groups in total. The Morgan fingerprint density at radius 3 is 2.85 bits per heavy atom. The molecule has 1 aliphatic heterocycles. The summed E-state index contributed by atoms with van der Waals surface area (Å²) in [5.74, 6) is 0.295. The van der Waals surface area contributed by atoms with Gasteiger partial charge in [0.25, 0.3) is 0 Å². The minimum Gasteiger partial charge on any atom is -0.368 e. The van der Waals surface area contributed by atoms with Crippen LogP contribution >= 0.6 is 11.9 Å². The van der Waals surface area contributed by atoms with E-state index in [1.807, 2.05) is 36.4 Å². The second-order valence-electron chi connectivity index (χ2n) is 6.28. The van der Waals surface area contributed by atoms with E-state index in [1.54, 1.807) is 35.1 Å². The summed E-state index contributed by atoms with van der Waals surface area (Å²) < 4.78 is 3.87. The highest BCUT2D eigenvalue weighted by atomic mass is 32.2. The van der Waals surface area contributed by atoms with Crippen molar-refractivity contribution in [1.29, 1.82) is 0 Å². The van der Waals surface area contributed by atoms with Crippen LogP contribution in [0.25, 0.3) is 10.9 Å². The number of benzene rings is 1. The highest BCUT2D eigenvalue weighted by molar-refractivity contribution is 8.00. The molecule has 1 fully saturated rings. The molecule has 0 aliphatic carbocycles. The lowest BCUT2D eigenvalue weighted by molar-refractivity contribution is -0.118. The van der Waals surface area contributed by atoms with Gasteiger partial charge in [-0.1, -0.05) is 18.2 Å². The van der Waals surface area contributed by atoms with Gasteiger partial charge in [0, 0.05) is 41.2 Å². The van der Waals surface area contributed by atoms with E-state index >= 15 is 0 Å². The topological polar surface area (TPSA) is 81.2 Å². The van der Waals surface area contributed by atoms with E-state index in [1.165, 1.54) is 0 Å². The van der Waals surface area contributed by atoms with Gasteiger partial charge in [0.2, 0.25) is 5.91 Å². The molecule has 26 heavy (non-hydrogen) atoms. The number of nitrogens with two attached hydrogens (primary N) is 1. The minimum absolute atomic E-state index is 0.0645. The molecular weight excluding hydrogens is 348 g/mol. The number of amides is 1. The first-order valence-corrected chi connectivity index (χ1v) is 9.28. The number of carbonyl (C=O) groups is 2. The Balaban J connectivity index is 1.62. The lowest BCUT2D eigenvalue weighted by Gasteiger charge is -2.15. The van der Waals surface area contributed by atoms with Crippen molar-refractivity contribution in [1.82, 2.24) is 9.55 Å². The van der Waals surface area contributed by atoms with Gasteiger partial charge >= 0.3 is 0 Å². The summed E-state index contributed by atoms with van der Waals surface area (Å²) in [6.07, 6.45) is 5.30. The number of carbonyl (C=O) groups excluding carboxylic acids is 2. The number of hydrogen-bond donors (Lipinski definition) is 1. The van der Waals surface area contributed by atoms with Gasteiger partial charge in [-0.2, -0.15) is 0 Å². The predicted molar refractivity (Wildman–Crippen MR) is 103 cm³/mol. The fourth-order valence-corrected chi connectivity index (χ4v) is 4.45. The van der Waals surface area contributed by atoms with Crippen LogP contribution in [-0.2, 0) is 11.3 Å². The number of para-hydroxylation sites is 1. The monoisotopic (exact) mass is 366 g/mol. The molecule has 1 atom stereocenters. The summed E-state index contributed by atoms with van der Waals surface area (Å²) in [5.41, 5.74) is 7.85. The Kier molecular flexibility index (Phi) is 4.38. The molecule has 0 saturated carbocycles. The number of pyridine rings is 1. The van der Waals surface area contributed by atoms with Gasteiger partial charge in [-0.05, 0) is 30.1 Å². The van der Waals surface area contributed by atoms with Crippen LogP contribution in [0.15, 0.2) is 55.0 Å². The van der Waals surface area contributed by atoms with Crippen molar-refractivity contribution in [3.8, 4) is 0 Å². The van der Waals surface area contributed by atoms with Crippen molar-refractivity contribution in [2.75, 3.05) is 16.6 Å². The van der Waals surface area contributed by atoms with Crippen LogP contribution in [0, 0.1) is 5.92 Å². The third-order valence-corrected chi connectivity index (χ3v) is 5.73. The van der Waals surface area contributed by atoms with E-state index in [0.29, 0.717) is 12.1 Å². The minimum atomic E-state index is -0.427. The number of hydrogen-bond acceptors (Lipinski definition) is 5. The Morgan fingerprint density at radius 2 is 2.08 bits per heavy atom. The zero-order valence-electron chi connectivity index (χ0n) is 14.0. The van der Waals surface area contributed by atoms with Gasteiger partial charge in [-0.3, -0.25) is 14.6 Å². The summed E-state index contributed by atoms with van der Waals surface area (Å²) in [6, 6.07) is 11.5. The van der Waals surface area contributed by atoms with Crippen LogP contribution in [0.1, 0.15) is 10.4 Å². The summed E-state index contributed by atoms with van der Waals surface area (Å²) in [7, 11) is 0. The third kappa shape index (κ3) is 3.06. The predicted octanol–water partition coefficient (Wildman–Crippen LogP) is 2.49. The van der Waals surface area contributed by atoms with Gasteiger partial charge in [0.05, 0.1) is 17.8 Å². The molecule has 1 saturated heterocycles. The Hall–Kier alpha value is -2.80. The molecule has 3 heterocycles. The molecule has 1 aromatic carbocycles. The fraction of sp³-hybridized carbons (Fsp3) is 0.211. The zero-order valence-corrected chi connectivity index (χ0v) is 14.9. The van der Waals surface area contributed by atoms with Crippen LogP contribution < -0.4 is 10.0 Å². The first-order valence-electron chi connectivity index (χ1n) is 8.34. The van der Waals surface area contributed by atoms with E-state index < -0.39 is 5.91 Å². The fourth-order valence-electron chi connectivity index (χ4n) is 3.29. The molecule has 0 spiro atoms. The van der Waals surface area contributed by atoms with Gasteiger partial charge in [-0.25, -0.2) is 0 Å². The van der Waals surface area contributed by atoms with Crippen molar-refractivity contribution in [2.24, 2.45) is 11.7 Å². The molecule has 4 rings (SSSR count). The second kappa shape index (κ2) is 6.84. The maximum absolute atomic E-state index is 13.2. The lowest BCUT2D eigenvalue weighted by atomic mass is 9.98. The largest absolute Gasteiger partial charge is 0.368 e. The van der Waals surface area contributed by atoms with Crippen molar-refractivity contribution < 1.29 is 9.59 Å². The number of primary amides is 1. The SMILES string of the molecule is NC(=O)Cn1cc(C(=O)C2CSN(c3cccnc3)C2)c2ccccc21. The van der Waals surface area contributed by atoms with Gasteiger partial charge in [0.1, 0.15) is 6.54 Å². The summed E-state index contributed by atoms with van der Waals surface area (Å²) >= 11 is 1.64. The van der Waals surface area contributed by atoms with Crippen LogP contribution in [0.4, 0.5) is 5.69 Å². The molecule has 0 radical (unpaired) electrons. The maximum atomic E-state index is 13.2. The number of ketones is 1. The Morgan fingerprint density at radius 1 is 1.23 bits per heavy atom. The Bertz CT molecular complexity index is 970. The summed E-state index contributed by atoms with van der Waals surface area (Å²) in [5, 5.41) is 0.864. The smallest absolute Gasteiger partial charge is 0.237 e. The number of anilines is 1. The van der Waals surface area contributed by atoms with Gasteiger partial charge in [0.15, 0.2) is 5.78 Å². The van der Waals surface area contributed by atoms with E-state index in [4.69, 9.17) is 5.73 Å². The molecule has 1 amide bonds. The van der Waals surface area contributed by atoms with Crippen molar-refractivity contribution >= 4 is 40.2 Å². The lowest BCUT2D eigenvalue weighted by Crippen LogP contribution is -2.22. The maximum Gasteiger partial charge on any atom is 0.237 e. The van der Waals surface area contributed by atoms with Crippen LogP contribution in [0.5, 0.6) is 0 Å². The molecule has 1 aliphatic rings. The molecule has 2 aromatic heterocycles. The average molecular weight is 366 g/mol. The molecule has 1 unspecified atom stereocenters. The Labute approximate surface area is 155 Å². The number of aromatic nitrogens is 2. The normalized spacial score (nSPS) is 16.9. The van der Waals surface area contributed by atoms with Crippen molar-refractivity contribution in [2.45, 2.75) is 6.54 Å². The number of rotatable bonds is 5. The first-order chi connectivity index (χ1) is 12.6. The van der Waals surface area contributed by atoms with Crippen LogP contribution in [-0.4, -0.2) is 33.5 Å². The molecule has 0 bridgehead atoms. The van der Waals surface area contributed by atoms with E-state index in [2.05, 4.69) is 9.29 Å². The average Bonchev–Trinajstić information content (AvgIpc) is 3.28. The van der Waals surface area contributed by atoms with Gasteiger partial charge in [-0.15, -0.1) is 0 Å². The zero-order chi connectivity index (χ0) is 18.1. The number of Topliss-reactive ketones (excluding diaryl/α,β-unsaturated/α-hetero) is 1. The molecular formula is C19H18N4O2S. The molecule has 3 aromatic rings. The van der Waals surface area contributed by atoms with E-state index in [0.717, 1.165) is 22.3 Å². The van der Waals surface area contributed by atoms with E-state index in [-0.39, 0.29) is 18.2 Å².